The normalized spacial score (nSPS) is 28.8. The summed E-state index contributed by atoms with van der Waals surface area (Å²) in [5.41, 5.74) is -1.75. The number of carbonyl (C=O) groups is 2. The fourth-order valence-electron chi connectivity index (χ4n) is 3.37. The van der Waals surface area contributed by atoms with Crippen molar-refractivity contribution >= 4 is 17.6 Å². The zero-order valence-electron chi connectivity index (χ0n) is 12.1. The highest BCUT2D eigenvalue weighted by Gasteiger charge is 2.55. The monoisotopic (exact) mass is 347 g/mol. The van der Waals surface area contributed by atoms with E-state index in [1.165, 1.54) is 0 Å². The summed E-state index contributed by atoms with van der Waals surface area (Å²) in [6, 6.07) is 2.08. The van der Waals surface area contributed by atoms with Gasteiger partial charge in [-0.3, -0.25) is 9.59 Å². The number of carbonyl (C=O) groups excluding carboxylic acids is 1. The van der Waals surface area contributed by atoms with Gasteiger partial charge in [-0.25, -0.2) is 4.39 Å². The van der Waals surface area contributed by atoms with Crippen molar-refractivity contribution in [3.8, 4) is 0 Å². The predicted molar refractivity (Wildman–Crippen MR) is 72.5 cm³/mol. The van der Waals surface area contributed by atoms with E-state index in [-0.39, 0.29) is 5.69 Å². The molecule has 0 aliphatic carbocycles. The van der Waals surface area contributed by atoms with E-state index in [1.54, 1.807) is 0 Å². The van der Waals surface area contributed by atoms with Crippen LogP contribution in [0.25, 0.3) is 0 Å². The first-order chi connectivity index (χ1) is 11.2. The van der Waals surface area contributed by atoms with Gasteiger partial charge in [-0.15, -0.1) is 0 Å². The molecule has 2 fully saturated rings. The fraction of sp³-hybridized carbons (Fsp3) is 0.467. The molecule has 0 spiro atoms. The van der Waals surface area contributed by atoms with Crippen LogP contribution in [-0.2, 0) is 20.5 Å². The largest absolute Gasteiger partial charge is 0.481 e. The van der Waals surface area contributed by atoms with Gasteiger partial charge in [0.05, 0.1) is 29.6 Å². The molecule has 0 unspecified atom stereocenters. The maximum absolute atomic E-state index is 13.3. The summed E-state index contributed by atoms with van der Waals surface area (Å²) < 4.78 is 56.8. The van der Waals surface area contributed by atoms with Crippen molar-refractivity contribution in [2.75, 3.05) is 5.32 Å². The van der Waals surface area contributed by atoms with Crippen LogP contribution in [0, 0.1) is 17.7 Å². The Morgan fingerprint density at radius 2 is 1.79 bits per heavy atom. The van der Waals surface area contributed by atoms with Gasteiger partial charge in [-0.1, -0.05) is 0 Å². The zero-order valence-corrected chi connectivity index (χ0v) is 12.1. The Morgan fingerprint density at radius 1 is 1.17 bits per heavy atom. The van der Waals surface area contributed by atoms with Gasteiger partial charge in [-0.05, 0) is 31.0 Å². The molecule has 2 N–H and O–H groups in total. The van der Waals surface area contributed by atoms with Crippen molar-refractivity contribution in [1.29, 1.82) is 0 Å². The average Bonchev–Trinajstić information content (AvgIpc) is 3.08. The molecule has 0 saturated carbocycles. The van der Waals surface area contributed by atoms with Gasteiger partial charge in [0.15, 0.2) is 0 Å². The second-order valence-corrected chi connectivity index (χ2v) is 5.86. The molecule has 2 aliphatic heterocycles. The summed E-state index contributed by atoms with van der Waals surface area (Å²) >= 11 is 0. The van der Waals surface area contributed by atoms with Crippen LogP contribution < -0.4 is 5.32 Å². The molecule has 130 valence electrons. The third kappa shape index (κ3) is 2.83. The molecule has 2 heterocycles. The minimum absolute atomic E-state index is 0.249. The molecule has 1 aromatic carbocycles. The fourth-order valence-corrected chi connectivity index (χ4v) is 3.37. The van der Waals surface area contributed by atoms with Gasteiger partial charge in [-0.2, -0.15) is 13.2 Å². The molecule has 2 saturated heterocycles. The lowest BCUT2D eigenvalue weighted by atomic mass is 9.78. The Hall–Kier alpha value is -2.16. The predicted octanol–water partition coefficient (Wildman–Crippen LogP) is 2.66. The Kier molecular flexibility index (Phi) is 3.98. The number of nitrogens with one attached hydrogen (secondary N) is 1. The quantitative estimate of drug-likeness (QED) is 0.825. The van der Waals surface area contributed by atoms with Crippen LogP contribution in [0.15, 0.2) is 18.2 Å². The van der Waals surface area contributed by atoms with Crippen LogP contribution in [-0.4, -0.2) is 29.2 Å². The van der Waals surface area contributed by atoms with Gasteiger partial charge in [0.1, 0.15) is 5.82 Å². The lowest BCUT2D eigenvalue weighted by Crippen LogP contribution is -2.41. The highest BCUT2D eigenvalue weighted by atomic mass is 19.4. The van der Waals surface area contributed by atoms with Gasteiger partial charge in [0.25, 0.3) is 0 Å². The van der Waals surface area contributed by atoms with Crippen molar-refractivity contribution in [3.05, 3.63) is 29.6 Å². The number of alkyl halides is 3. The van der Waals surface area contributed by atoms with E-state index in [9.17, 15) is 32.3 Å². The Labute approximate surface area is 133 Å². The molecule has 5 nitrogen and oxygen atoms in total. The number of hydrogen-bond donors (Lipinski definition) is 2. The van der Waals surface area contributed by atoms with E-state index < -0.39 is 53.5 Å². The molecule has 0 aromatic heterocycles. The number of benzene rings is 1. The van der Waals surface area contributed by atoms with Crippen molar-refractivity contribution in [3.63, 3.8) is 0 Å². The Morgan fingerprint density at radius 3 is 2.38 bits per heavy atom. The SMILES string of the molecule is O=C(O)[C@@H]1[C@H](C(=O)Nc2ccc(F)c(C(F)(F)F)c2)[C@H]2CC[C@H]1O2. The summed E-state index contributed by atoms with van der Waals surface area (Å²) in [5, 5.41) is 11.5. The number of ether oxygens (including phenoxy) is 1. The van der Waals surface area contributed by atoms with E-state index in [1.807, 2.05) is 0 Å². The second kappa shape index (κ2) is 5.73. The first-order valence-corrected chi connectivity index (χ1v) is 7.24. The van der Waals surface area contributed by atoms with Gasteiger partial charge < -0.3 is 15.2 Å². The van der Waals surface area contributed by atoms with Crippen LogP contribution in [0.1, 0.15) is 18.4 Å². The number of carboxylic acids is 1. The number of anilines is 1. The molecule has 24 heavy (non-hydrogen) atoms. The summed E-state index contributed by atoms with van der Waals surface area (Å²) in [4.78, 5) is 23.7. The molecule has 3 rings (SSSR count). The standard InChI is InChI=1S/C15H13F4NO4/c16-8-2-1-6(5-7(8)15(17,18)19)20-13(21)11-9-3-4-10(24-9)12(11)14(22)23/h1-2,5,9-12H,3-4H2,(H,20,21)(H,22,23)/t9-,10-,11-,12+/m1/s1. The third-order valence-corrected chi connectivity index (χ3v) is 4.40. The summed E-state index contributed by atoms with van der Waals surface area (Å²) in [6.07, 6.45) is -4.99. The van der Waals surface area contributed by atoms with E-state index >= 15 is 0 Å². The van der Waals surface area contributed by atoms with Crippen molar-refractivity contribution in [2.45, 2.75) is 31.2 Å². The van der Waals surface area contributed by atoms with Crippen LogP contribution >= 0.6 is 0 Å². The number of carboxylic acid groups (broad SMARTS) is 1. The highest BCUT2D eigenvalue weighted by Crippen LogP contribution is 2.44. The van der Waals surface area contributed by atoms with Crippen LogP contribution in [0.2, 0.25) is 0 Å². The number of fused-ring (bicyclic) bond motifs is 2. The van der Waals surface area contributed by atoms with Gasteiger partial charge in [0.2, 0.25) is 5.91 Å². The molecule has 9 heteroatoms. The number of rotatable bonds is 3. The maximum Gasteiger partial charge on any atom is 0.419 e. The van der Waals surface area contributed by atoms with Crippen molar-refractivity contribution in [1.82, 2.24) is 0 Å². The Bertz CT molecular complexity index is 691. The molecule has 1 amide bonds. The second-order valence-electron chi connectivity index (χ2n) is 5.86. The minimum Gasteiger partial charge on any atom is -0.481 e. The van der Waals surface area contributed by atoms with Crippen LogP contribution in [0.3, 0.4) is 0 Å². The summed E-state index contributed by atoms with van der Waals surface area (Å²) in [7, 11) is 0. The van der Waals surface area contributed by atoms with E-state index in [4.69, 9.17) is 4.74 Å². The smallest absolute Gasteiger partial charge is 0.419 e. The maximum atomic E-state index is 13.3. The number of halogens is 4. The van der Waals surface area contributed by atoms with E-state index in [0.29, 0.717) is 25.0 Å². The molecule has 4 atom stereocenters. The average molecular weight is 347 g/mol. The molecule has 2 bridgehead atoms. The minimum atomic E-state index is -4.90. The Balaban J connectivity index is 1.81. The molecule has 1 aromatic rings. The first kappa shape index (κ1) is 16.7. The topological polar surface area (TPSA) is 75.6 Å². The van der Waals surface area contributed by atoms with Crippen LogP contribution in [0.5, 0.6) is 0 Å². The first-order valence-electron chi connectivity index (χ1n) is 7.24. The number of amides is 1. The van der Waals surface area contributed by atoms with E-state index in [2.05, 4.69) is 5.32 Å². The summed E-state index contributed by atoms with van der Waals surface area (Å²) in [5.74, 6) is -5.40. The lowest BCUT2D eigenvalue weighted by molar-refractivity contribution is -0.147. The molecular weight excluding hydrogens is 334 g/mol. The highest BCUT2D eigenvalue weighted by molar-refractivity contribution is 5.96. The molecule has 2 aliphatic rings. The lowest BCUT2D eigenvalue weighted by Gasteiger charge is -2.24. The van der Waals surface area contributed by atoms with Crippen molar-refractivity contribution < 1.29 is 37.0 Å². The van der Waals surface area contributed by atoms with Crippen molar-refractivity contribution in [2.24, 2.45) is 11.8 Å². The number of aliphatic carboxylic acids is 1. The van der Waals surface area contributed by atoms with Gasteiger partial charge >= 0.3 is 12.1 Å². The zero-order chi connectivity index (χ0) is 17.6. The summed E-state index contributed by atoms with van der Waals surface area (Å²) in [6.45, 7) is 0. The third-order valence-electron chi connectivity index (χ3n) is 4.40. The van der Waals surface area contributed by atoms with E-state index in [0.717, 1.165) is 6.07 Å². The number of hydrogen-bond acceptors (Lipinski definition) is 3. The molecule has 0 radical (unpaired) electrons. The molecular formula is C15H13F4NO4. The van der Waals surface area contributed by atoms with Crippen LogP contribution in [0.4, 0.5) is 23.2 Å². The van der Waals surface area contributed by atoms with Gasteiger partial charge in [0, 0.05) is 5.69 Å².